The average molecular weight is 368 g/mol. The molecule has 0 spiro atoms. The highest BCUT2D eigenvalue weighted by Gasteiger charge is 2.48. The van der Waals surface area contributed by atoms with Gasteiger partial charge in [-0.2, -0.15) is 0 Å². The fourth-order valence-corrected chi connectivity index (χ4v) is 3.11. The molecule has 2 heterocycles. The van der Waals surface area contributed by atoms with Crippen molar-refractivity contribution >= 4 is 5.97 Å². The minimum absolute atomic E-state index is 0.0490. The van der Waals surface area contributed by atoms with Crippen LogP contribution in [0.2, 0.25) is 0 Å². The number of aliphatic hydroxyl groups is 1. The number of ether oxygens (including phenoxy) is 6. The van der Waals surface area contributed by atoms with Crippen LogP contribution >= 0.6 is 0 Å². The molecule has 2 aliphatic heterocycles. The van der Waals surface area contributed by atoms with Gasteiger partial charge in [0, 0.05) is 0 Å². The Morgan fingerprint density at radius 3 is 2.54 bits per heavy atom. The van der Waals surface area contributed by atoms with E-state index in [1.165, 1.54) is 14.2 Å². The third-order valence-corrected chi connectivity index (χ3v) is 4.68. The molecule has 3 rings (SSSR count). The Morgan fingerprint density at radius 1 is 1.23 bits per heavy atom. The van der Waals surface area contributed by atoms with Gasteiger partial charge in [0.25, 0.3) is 0 Å². The van der Waals surface area contributed by atoms with E-state index in [1.54, 1.807) is 26.0 Å². The second kappa shape index (κ2) is 6.94. The largest absolute Gasteiger partial charge is 0.492 e. The van der Waals surface area contributed by atoms with Gasteiger partial charge < -0.3 is 33.5 Å². The SMILES string of the molecule is COC(=O)[C@H](Cc1ccc2c(c1OC)OCO2)C1(O)COC(C)(C)OC1. The summed E-state index contributed by atoms with van der Waals surface area (Å²) in [6.07, 6.45) is 0.163. The normalized spacial score (nSPS) is 21.1. The number of methoxy groups -OCH3 is 2. The summed E-state index contributed by atoms with van der Waals surface area (Å²) in [5, 5.41) is 11.0. The minimum Gasteiger partial charge on any atom is -0.492 e. The van der Waals surface area contributed by atoms with Gasteiger partial charge in [0.05, 0.1) is 33.4 Å². The standard InChI is InChI=1S/C18H24O8/c1-17(2)25-8-18(20,9-26-17)12(16(19)22-4)7-11-5-6-13-15(14(11)21-3)24-10-23-13/h5-6,12,20H,7-10H2,1-4H3/t12-/m0/s1. The predicted molar refractivity (Wildman–Crippen MR) is 89.3 cm³/mol. The van der Waals surface area contributed by atoms with Crippen LogP contribution in [0.3, 0.4) is 0 Å². The van der Waals surface area contributed by atoms with Gasteiger partial charge >= 0.3 is 5.97 Å². The zero-order chi connectivity index (χ0) is 18.9. The summed E-state index contributed by atoms with van der Waals surface area (Å²) >= 11 is 0. The molecule has 2 aliphatic rings. The molecule has 1 saturated heterocycles. The summed E-state index contributed by atoms with van der Waals surface area (Å²) in [7, 11) is 2.79. The molecule has 8 heteroatoms. The molecule has 0 bridgehead atoms. The lowest BCUT2D eigenvalue weighted by atomic mass is 9.82. The highest BCUT2D eigenvalue weighted by molar-refractivity contribution is 5.75. The van der Waals surface area contributed by atoms with Crippen molar-refractivity contribution in [1.29, 1.82) is 0 Å². The van der Waals surface area contributed by atoms with E-state index in [0.717, 1.165) is 0 Å². The molecule has 0 unspecified atom stereocenters. The molecule has 144 valence electrons. The number of fused-ring (bicyclic) bond motifs is 1. The molecule has 1 aromatic carbocycles. The number of hydrogen-bond acceptors (Lipinski definition) is 8. The van der Waals surface area contributed by atoms with Gasteiger partial charge in [-0.1, -0.05) is 6.07 Å². The molecular formula is C18H24O8. The maximum Gasteiger partial charge on any atom is 0.312 e. The molecule has 0 radical (unpaired) electrons. The van der Waals surface area contributed by atoms with Crippen molar-refractivity contribution in [3.05, 3.63) is 17.7 Å². The van der Waals surface area contributed by atoms with Crippen LogP contribution in [0.1, 0.15) is 19.4 Å². The highest BCUT2D eigenvalue weighted by Crippen LogP contribution is 2.44. The molecule has 0 amide bonds. The number of esters is 1. The van der Waals surface area contributed by atoms with Crippen molar-refractivity contribution in [2.75, 3.05) is 34.2 Å². The van der Waals surface area contributed by atoms with E-state index in [1.807, 2.05) is 0 Å². The van der Waals surface area contributed by atoms with Gasteiger partial charge in [0.15, 0.2) is 17.3 Å². The first-order valence-electron chi connectivity index (χ1n) is 8.33. The van der Waals surface area contributed by atoms with Gasteiger partial charge in [-0.05, 0) is 31.9 Å². The Labute approximate surface area is 151 Å². The third kappa shape index (κ3) is 3.44. The Balaban J connectivity index is 1.90. The van der Waals surface area contributed by atoms with E-state index in [0.29, 0.717) is 22.8 Å². The molecule has 8 nitrogen and oxygen atoms in total. The molecule has 0 aliphatic carbocycles. The second-order valence-corrected chi connectivity index (χ2v) is 6.85. The van der Waals surface area contributed by atoms with E-state index < -0.39 is 23.3 Å². The monoisotopic (exact) mass is 368 g/mol. The van der Waals surface area contributed by atoms with E-state index in [-0.39, 0.29) is 26.4 Å². The van der Waals surface area contributed by atoms with E-state index >= 15 is 0 Å². The molecule has 1 N–H and O–H groups in total. The van der Waals surface area contributed by atoms with Crippen LogP contribution < -0.4 is 14.2 Å². The van der Waals surface area contributed by atoms with Gasteiger partial charge in [0.2, 0.25) is 12.5 Å². The molecule has 0 saturated carbocycles. The van der Waals surface area contributed by atoms with E-state index in [2.05, 4.69) is 0 Å². The topological polar surface area (TPSA) is 92.7 Å². The van der Waals surface area contributed by atoms with E-state index in [4.69, 9.17) is 28.4 Å². The van der Waals surface area contributed by atoms with Gasteiger partial charge in [-0.15, -0.1) is 0 Å². The lowest BCUT2D eigenvalue weighted by Gasteiger charge is -2.43. The van der Waals surface area contributed by atoms with E-state index in [9.17, 15) is 9.90 Å². The van der Waals surface area contributed by atoms with Crippen LogP contribution in [-0.2, 0) is 25.4 Å². The zero-order valence-corrected chi connectivity index (χ0v) is 15.4. The Hall–Kier alpha value is -2.03. The minimum atomic E-state index is -1.52. The lowest BCUT2D eigenvalue weighted by molar-refractivity contribution is -0.310. The summed E-state index contributed by atoms with van der Waals surface area (Å²) in [6, 6.07) is 3.52. The molecule has 26 heavy (non-hydrogen) atoms. The van der Waals surface area contributed by atoms with Crippen LogP contribution in [0.15, 0.2) is 12.1 Å². The number of rotatable bonds is 5. The molecule has 1 fully saturated rings. The highest BCUT2D eigenvalue weighted by atomic mass is 16.7. The van der Waals surface area contributed by atoms with Gasteiger partial charge in [0.1, 0.15) is 5.60 Å². The fourth-order valence-electron chi connectivity index (χ4n) is 3.11. The predicted octanol–water partition coefficient (Wildman–Crippen LogP) is 1.27. The summed E-state index contributed by atoms with van der Waals surface area (Å²) in [6.45, 7) is 3.51. The van der Waals surface area contributed by atoms with Crippen molar-refractivity contribution in [1.82, 2.24) is 0 Å². The summed E-state index contributed by atoms with van der Waals surface area (Å²) in [5.74, 6) is -0.751. The van der Waals surface area contributed by atoms with Crippen molar-refractivity contribution < 1.29 is 38.3 Å². The zero-order valence-electron chi connectivity index (χ0n) is 15.4. The molecular weight excluding hydrogens is 344 g/mol. The van der Waals surface area contributed by atoms with Crippen molar-refractivity contribution in [3.8, 4) is 17.2 Å². The summed E-state index contributed by atoms with van der Waals surface area (Å²) in [5.41, 5.74) is -0.838. The van der Waals surface area contributed by atoms with Crippen LogP contribution in [0, 0.1) is 5.92 Å². The fraction of sp³-hybridized carbons (Fsp3) is 0.611. The van der Waals surface area contributed by atoms with Gasteiger partial charge in [-0.3, -0.25) is 4.79 Å². The van der Waals surface area contributed by atoms with Gasteiger partial charge in [-0.25, -0.2) is 0 Å². The quantitative estimate of drug-likeness (QED) is 0.777. The first kappa shape index (κ1) is 18.8. The lowest BCUT2D eigenvalue weighted by Crippen LogP contribution is -2.57. The molecule has 0 aromatic heterocycles. The smallest absolute Gasteiger partial charge is 0.312 e. The molecule has 1 aromatic rings. The Bertz CT molecular complexity index is 674. The van der Waals surface area contributed by atoms with Crippen LogP contribution in [-0.4, -0.2) is 56.7 Å². The number of hydrogen-bond donors (Lipinski definition) is 1. The maximum absolute atomic E-state index is 12.4. The molecule has 1 atom stereocenters. The van der Waals surface area contributed by atoms with Crippen LogP contribution in [0.5, 0.6) is 17.2 Å². The van der Waals surface area contributed by atoms with Crippen LogP contribution in [0.4, 0.5) is 0 Å². The summed E-state index contributed by atoms with van der Waals surface area (Å²) in [4.78, 5) is 12.4. The third-order valence-electron chi connectivity index (χ3n) is 4.68. The van der Waals surface area contributed by atoms with Crippen molar-refractivity contribution in [3.63, 3.8) is 0 Å². The first-order valence-corrected chi connectivity index (χ1v) is 8.33. The van der Waals surface area contributed by atoms with Crippen LogP contribution in [0.25, 0.3) is 0 Å². The second-order valence-electron chi connectivity index (χ2n) is 6.85. The Kier molecular flexibility index (Phi) is 5.01. The van der Waals surface area contributed by atoms with Crippen molar-refractivity contribution in [2.45, 2.75) is 31.7 Å². The number of carbonyl (C=O) groups is 1. The number of carbonyl (C=O) groups excluding carboxylic acids is 1. The maximum atomic E-state index is 12.4. The Morgan fingerprint density at radius 2 is 1.92 bits per heavy atom. The summed E-state index contributed by atoms with van der Waals surface area (Å²) < 4.78 is 32.3. The average Bonchev–Trinajstić information content (AvgIpc) is 3.10. The van der Waals surface area contributed by atoms with Crippen molar-refractivity contribution in [2.24, 2.45) is 5.92 Å². The first-order chi connectivity index (χ1) is 12.3. The number of benzene rings is 1.